The van der Waals surface area contributed by atoms with Crippen LogP contribution in [0.25, 0.3) is 5.57 Å². The third kappa shape index (κ3) is 4.67. The number of cyclic esters (lactones) is 1. The molecule has 1 N–H and O–H groups in total. The molecule has 1 atom stereocenters. The van der Waals surface area contributed by atoms with Gasteiger partial charge < -0.3 is 15.0 Å². The third-order valence-electron chi connectivity index (χ3n) is 4.97. The highest BCUT2D eigenvalue weighted by Crippen LogP contribution is 2.34. The number of nitrogens with zero attached hydrogens (tertiary/aromatic N) is 3. The molecular formula is C19H19F3N4O5. The molecule has 9 nitrogen and oxygen atoms in total. The Morgan fingerprint density at radius 2 is 2.03 bits per heavy atom. The fraction of sp³-hybridized carbons (Fsp3) is 0.421. The van der Waals surface area contributed by atoms with Gasteiger partial charge in [-0.2, -0.15) is 4.91 Å². The van der Waals surface area contributed by atoms with E-state index < -0.39 is 53.4 Å². The maximum Gasteiger partial charge on any atom is 0.414 e. The summed E-state index contributed by atoms with van der Waals surface area (Å²) in [5.74, 6) is -4.83. The molecule has 2 aliphatic heterocycles. The van der Waals surface area contributed by atoms with Gasteiger partial charge in [-0.25, -0.2) is 18.0 Å². The van der Waals surface area contributed by atoms with E-state index in [0.29, 0.717) is 6.07 Å². The van der Waals surface area contributed by atoms with Crippen molar-refractivity contribution in [1.29, 1.82) is 0 Å². The lowest BCUT2D eigenvalue weighted by Crippen LogP contribution is -2.36. The van der Waals surface area contributed by atoms with Crippen LogP contribution in [0.4, 0.5) is 23.7 Å². The zero-order chi connectivity index (χ0) is 22.7. The van der Waals surface area contributed by atoms with E-state index >= 15 is 0 Å². The highest BCUT2D eigenvalue weighted by atomic mass is 19.2. The minimum atomic E-state index is -1.46. The van der Waals surface area contributed by atoms with Gasteiger partial charge in [-0.05, 0) is 12.0 Å². The molecule has 0 aromatic heterocycles. The highest BCUT2D eigenvalue weighted by molar-refractivity contribution is 5.90. The number of halogens is 3. The number of anilines is 1. The van der Waals surface area contributed by atoms with Crippen molar-refractivity contribution >= 4 is 29.2 Å². The van der Waals surface area contributed by atoms with Gasteiger partial charge in [0.15, 0.2) is 18.2 Å². The van der Waals surface area contributed by atoms with Crippen LogP contribution in [-0.2, 0) is 14.3 Å². The fourth-order valence-corrected chi connectivity index (χ4v) is 3.43. The monoisotopic (exact) mass is 440 g/mol. The van der Waals surface area contributed by atoms with Gasteiger partial charge in [0.05, 0.1) is 24.3 Å². The van der Waals surface area contributed by atoms with Crippen LogP contribution in [0.1, 0.15) is 18.9 Å². The Hall–Kier alpha value is -3.44. The number of nitrogens with one attached hydrogen (secondary N) is 1. The van der Waals surface area contributed by atoms with Crippen molar-refractivity contribution < 1.29 is 32.3 Å². The predicted molar refractivity (Wildman–Crippen MR) is 102 cm³/mol. The SMILES string of the molecule is CC(=O)NC[C@H]1CN(c2cc(F)c(C3=CCN(C(=O)CN=O)CC3)c(F)c2F)C(=O)O1. The van der Waals surface area contributed by atoms with E-state index in [1.165, 1.54) is 17.9 Å². The lowest BCUT2D eigenvalue weighted by atomic mass is 9.97. The molecule has 2 aliphatic rings. The lowest BCUT2D eigenvalue weighted by Gasteiger charge is -2.26. The second kappa shape index (κ2) is 9.14. The molecule has 3 rings (SSSR count). The van der Waals surface area contributed by atoms with E-state index in [1.54, 1.807) is 0 Å². The molecule has 0 unspecified atom stereocenters. The molecule has 1 saturated heterocycles. The summed E-state index contributed by atoms with van der Waals surface area (Å²) < 4.78 is 49.3. The average molecular weight is 440 g/mol. The Labute approximate surface area is 174 Å². The molecule has 31 heavy (non-hydrogen) atoms. The van der Waals surface area contributed by atoms with Crippen LogP contribution >= 0.6 is 0 Å². The molecule has 0 saturated carbocycles. The van der Waals surface area contributed by atoms with Crippen LogP contribution in [0.2, 0.25) is 0 Å². The first-order valence-corrected chi connectivity index (χ1v) is 9.39. The number of amides is 3. The normalized spacial score (nSPS) is 18.5. The van der Waals surface area contributed by atoms with Gasteiger partial charge in [0, 0.05) is 26.1 Å². The summed E-state index contributed by atoms with van der Waals surface area (Å²) in [6.07, 6.45) is -0.370. The molecule has 0 aliphatic carbocycles. The summed E-state index contributed by atoms with van der Waals surface area (Å²) in [6.45, 7) is 0.597. The van der Waals surface area contributed by atoms with Gasteiger partial charge >= 0.3 is 6.09 Å². The van der Waals surface area contributed by atoms with E-state index in [0.717, 1.165) is 4.90 Å². The Kier molecular flexibility index (Phi) is 6.56. The Morgan fingerprint density at radius 3 is 2.65 bits per heavy atom. The largest absolute Gasteiger partial charge is 0.442 e. The number of benzene rings is 1. The Bertz CT molecular complexity index is 968. The average Bonchev–Trinajstić information content (AvgIpc) is 3.10. The van der Waals surface area contributed by atoms with Crippen LogP contribution in [0.3, 0.4) is 0 Å². The Balaban J connectivity index is 1.82. The van der Waals surface area contributed by atoms with Crippen molar-refractivity contribution in [2.24, 2.45) is 5.18 Å². The highest BCUT2D eigenvalue weighted by Gasteiger charge is 2.36. The maximum absolute atomic E-state index is 14.8. The van der Waals surface area contributed by atoms with E-state index in [2.05, 4.69) is 10.5 Å². The minimum absolute atomic E-state index is 0.00475. The molecular weight excluding hydrogens is 421 g/mol. The molecule has 2 heterocycles. The summed E-state index contributed by atoms with van der Waals surface area (Å²) in [4.78, 5) is 47.0. The summed E-state index contributed by atoms with van der Waals surface area (Å²) in [5, 5.41) is 4.96. The van der Waals surface area contributed by atoms with E-state index in [9.17, 15) is 32.5 Å². The molecule has 1 aromatic rings. The van der Waals surface area contributed by atoms with Gasteiger partial charge in [-0.15, -0.1) is 0 Å². The molecule has 166 valence electrons. The zero-order valence-corrected chi connectivity index (χ0v) is 16.5. The number of carbonyl (C=O) groups is 3. The van der Waals surface area contributed by atoms with Crippen LogP contribution in [0, 0.1) is 22.4 Å². The maximum atomic E-state index is 14.8. The quantitative estimate of drug-likeness (QED) is 0.537. The molecule has 0 spiro atoms. The third-order valence-corrected chi connectivity index (χ3v) is 4.97. The molecule has 12 heteroatoms. The lowest BCUT2D eigenvalue weighted by molar-refractivity contribution is -0.129. The molecule has 1 fully saturated rings. The number of ether oxygens (including phenoxy) is 1. The number of rotatable bonds is 6. The van der Waals surface area contributed by atoms with Gasteiger partial charge in [0.2, 0.25) is 11.8 Å². The summed E-state index contributed by atoms with van der Waals surface area (Å²) in [5.41, 5.74) is -1.03. The molecule has 1 aromatic carbocycles. The first-order chi connectivity index (χ1) is 14.7. The van der Waals surface area contributed by atoms with Crippen LogP contribution in [0.15, 0.2) is 17.3 Å². The van der Waals surface area contributed by atoms with Gasteiger partial charge in [-0.3, -0.25) is 14.5 Å². The summed E-state index contributed by atoms with van der Waals surface area (Å²) >= 11 is 0. The molecule has 0 bridgehead atoms. The second-order valence-electron chi connectivity index (χ2n) is 7.04. The van der Waals surface area contributed by atoms with Gasteiger partial charge in [-0.1, -0.05) is 11.3 Å². The van der Waals surface area contributed by atoms with E-state index in [1.807, 2.05) is 0 Å². The van der Waals surface area contributed by atoms with Crippen LogP contribution < -0.4 is 10.2 Å². The molecule has 0 radical (unpaired) electrons. The van der Waals surface area contributed by atoms with Crippen molar-refractivity contribution in [2.75, 3.05) is 37.6 Å². The van der Waals surface area contributed by atoms with Crippen molar-refractivity contribution in [2.45, 2.75) is 19.4 Å². The van der Waals surface area contributed by atoms with Crippen molar-refractivity contribution in [3.05, 3.63) is 40.1 Å². The topological polar surface area (TPSA) is 108 Å². The Morgan fingerprint density at radius 1 is 1.29 bits per heavy atom. The first-order valence-electron chi connectivity index (χ1n) is 9.39. The zero-order valence-electron chi connectivity index (χ0n) is 16.5. The number of hydrogen-bond acceptors (Lipinski definition) is 6. The number of carbonyl (C=O) groups excluding carboxylic acids is 3. The van der Waals surface area contributed by atoms with Crippen molar-refractivity contribution in [1.82, 2.24) is 10.2 Å². The van der Waals surface area contributed by atoms with Crippen molar-refractivity contribution in [3.8, 4) is 0 Å². The van der Waals surface area contributed by atoms with Crippen LogP contribution in [-0.4, -0.2) is 61.6 Å². The smallest absolute Gasteiger partial charge is 0.414 e. The predicted octanol–water partition coefficient (Wildman–Crippen LogP) is 1.95. The summed E-state index contributed by atoms with van der Waals surface area (Å²) in [6, 6.07) is 0.713. The first kappa shape index (κ1) is 22.2. The second-order valence-corrected chi connectivity index (χ2v) is 7.04. The van der Waals surface area contributed by atoms with Crippen LogP contribution in [0.5, 0.6) is 0 Å². The number of hydrogen-bond donors (Lipinski definition) is 1. The van der Waals surface area contributed by atoms with Gasteiger partial charge in [0.1, 0.15) is 11.9 Å². The van der Waals surface area contributed by atoms with E-state index in [-0.39, 0.29) is 44.1 Å². The standard InChI is InChI=1S/C19H19F3N4O5/c1-10(27)23-7-12-9-26(19(29)31-12)14-6-13(20)16(18(22)17(14)21)11-2-4-25(5-3-11)15(28)8-24-30/h2,6,12H,3-5,7-9H2,1H3,(H,23,27)/t12-/m0/s1. The number of nitroso groups, excluding NO2 is 1. The fourth-order valence-electron chi connectivity index (χ4n) is 3.43. The van der Waals surface area contributed by atoms with Crippen molar-refractivity contribution in [3.63, 3.8) is 0 Å². The summed E-state index contributed by atoms with van der Waals surface area (Å²) in [7, 11) is 0. The minimum Gasteiger partial charge on any atom is -0.442 e. The van der Waals surface area contributed by atoms with E-state index in [4.69, 9.17) is 4.74 Å². The van der Waals surface area contributed by atoms with Gasteiger partial charge in [0.25, 0.3) is 0 Å². The molecule has 3 amide bonds.